The molecule has 0 saturated heterocycles. The van der Waals surface area contributed by atoms with Crippen LogP contribution >= 0.6 is 0 Å². The number of alkyl halides is 3. The van der Waals surface area contributed by atoms with Gasteiger partial charge in [-0.15, -0.1) is 0 Å². The van der Waals surface area contributed by atoms with E-state index < -0.39 is 17.8 Å². The SMILES string of the molecule is Cc1nc(N[C@H](C)c2cccc(C(F)(F)F)c2C)c2cc3c(cc2n1)OCC1(CCC1)CO3. The zero-order chi connectivity index (χ0) is 23.4. The molecule has 2 heterocycles. The van der Waals surface area contributed by atoms with Crippen molar-refractivity contribution in [2.45, 2.75) is 52.3 Å². The highest BCUT2D eigenvalue weighted by Crippen LogP contribution is 2.46. The van der Waals surface area contributed by atoms with Crippen LogP contribution in [0.1, 0.15) is 54.7 Å². The fourth-order valence-electron chi connectivity index (χ4n) is 4.77. The predicted molar refractivity (Wildman–Crippen MR) is 120 cm³/mol. The van der Waals surface area contributed by atoms with Crippen LogP contribution in [0.25, 0.3) is 10.9 Å². The Morgan fingerprint density at radius 1 is 1.03 bits per heavy atom. The zero-order valence-electron chi connectivity index (χ0n) is 18.8. The van der Waals surface area contributed by atoms with Gasteiger partial charge in [-0.25, -0.2) is 9.97 Å². The maximum absolute atomic E-state index is 13.4. The molecule has 1 aliphatic carbocycles. The summed E-state index contributed by atoms with van der Waals surface area (Å²) in [4.78, 5) is 9.11. The van der Waals surface area contributed by atoms with Crippen LogP contribution in [-0.4, -0.2) is 23.2 Å². The molecule has 0 unspecified atom stereocenters. The molecule has 1 atom stereocenters. The van der Waals surface area contributed by atoms with E-state index >= 15 is 0 Å². The Morgan fingerprint density at radius 2 is 1.73 bits per heavy atom. The number of halogens is 3. The van der Waals surface area contributed by atoms with Gasteiger partial charge < -0.3 is 14.8 Å². The number of benzene rings is 2. The summed E-state index contributed by atoms with van der Waals surface area (Å²) in [5.74, 6) is 2.42. The van der Waals surface area contributed by atoms with Crippen molar-refractivity contribution < 1.29 is 22.6 Å². The van der Waals surface area contributed by atoms with Crippen molar-refractivity contribution in [3.05, 3.63) is 52.8 Å². The van der Waals surface area contributed by atoms with E-state index in [2.05, 4.69) is 15.3 Å². The minimum absolute atomic E-state index is 0.0867. The predicted octanol–water partition coefficient (Wildman–Crippen LogP) is 6.38. The van der Waals surface area contributed by atoms with Gasteiger partial charge >= 0.3 is 6.18 Å². The van der Waals surface area contributed by atoms with Crippen LogP contribution in [0, 0.1) is 19.3 Å². The molecule has 0 bridgehead atoms. The lowest BCUT2D eigenvalue weighted by atomic mass is 9.70. The lowest BCUT2D eigenvalue weighted by Gasteiger charge is -2.39. The van der Waals surface area contributed by atoms with Crippen LogP contribution in [0.3, 0.4) is 0 Å². The number of nitrogens with zero attached hydrogens (tertiary/aromatic N) is 2. The van der Waals surface area contributed by atoms with Crippen molar-refractivity contribution in [2.24, 2.45) is 5.41 Å². The minimum Gasteiger partial charge on any atom is -0.489 e. The Kier molecular flexibility index (Phi) is 5.14. The fraction of sp³-hybridized carbons (Fsp3) is 0.440. The molecule has 33 heavy (non-hydrogen) atoms. The molecule has 0 amide bonds. The first-order chi connectivity index (χ1) is 15.7. The van der Waals surface area contributed by atoms with Gasteiger partial charge in [0.15, 0.2) is 11.5 Å². The summed E-state index contributed by atoms with van der Waals surface area (Å²) in [7, 11) is 0. The Balaban J connectivity index is 1.50. The number of anilines is 1. The van der Waals surface area contributed by atoms with E-state index in [0.717, 1.165) is 24.3 Å². The number of hydrogen-bond acceptors (Lipinski definition) is 5. The first kappa shape index (κ1) is 21.8. The van der Waals surface area contributed by atoms with Gasteiger partial charge in [-0.1, -0.05) is 18.6 Å². The second-order valence-corrected chi connectivity index (χ2v) is 9.25. The third kappa shape index (κ3) is 3.96. The normalized spacial score (nSPS) is 18.0. The molecule has 3 aromatic rings. The number of nitrogens with one attached hydrogen (secondary N) is 1. The van der Waals surface area contributed by atoms with E-state index in [1.54, 1.807) is 13.0 Å². The molecule has 174 valence electrons. The summed E-state index contributed by atoms with van der Waals surface area (Å²) >= 11 is 0. The molecule has 1 spiro atoms. The first-order valence-corrected chi connectivity index (χ1v) is 11.2. The molecule has 1 aliphatic heterocycles. The van der Waals surface area contributed by atoms with Crippen LogP contribution in [0.2, 0.25) is 0 Å². The van der Waals surface area contributed by atoms with E-state index in [-0.39, 0.29) is 11.0 Å². The molecule has 1 fully saturated rings. The van der Waals surface area contributed by atoms with Crippen molar-refractivity contribution >= 4 is 16.7 Å². The summed E-state index contributed by atoms with van der Waals surface area (Å²) in [5.41, 5.74) is 0.929. The van der Waals surface area contributed by atoms with E-state index in [9.17, 15) is 13.2 Å². The molecule has 5 nitrogen and oxygen atoms in total. The van der Waals surface area contributed by atoms with Crippen molar-refractivity contribution in [3.8, 4) is 11.5 Å². The Hall–Kier alpha value is -3.03. The molecule has 1 N–H and O–H groups in total. The van der Waals surface area contributed by atoms with Crippen molar-refractivity contribution in [3.63, 3.8) is 0 Å². The standard InChI is InChI=1S/C25H26F3N3O2/c1-14-17(6-4-7-19(14)25(26,27)28)15(2)29-23-18-10-21-22(11-20(18)30-16(3)31-23)33-13-24(12-32-21)8-5-9-24/h4,6-7,10-11,15H,5,8-9,12-13H2,1-3H3,(H,29,30,31)/t15-/m1/s1. The number of ether oxygens (including phenoxy) is 2. The third-order valence-corrected chi connectivity index (χ3v) is 6.86. The van der Waals surface area contributed by atoms with Crippen LogP contribution in [0.4, 0.5) is 19.0 Å². The molecule has 8 heteroatoms. The first-order valence-electron chi connectivity index (χ1n) is 11.2. The lowest BCUT2D eigenvalue weighted by molar-refractivity contribution is -0.138. The van der Waals surface area contributed by atoms with Crippen molar-refractivity contribution in [1.82, 2.24) is 9.97 Å². The zero-order valence-corrected chi connectivity index (χ0v) is 18.8. The highest BCUT2D eigenvalue weighted by Gasteiger charge is 2.41. The summed E-state index contributed by atoms with van der Waals surface area (Å²) in [6.07, 6.45) is -1.01. The minimum atomic E-state index is -4.40. The number of hydrogen-bond donors (Lipinski definition) is 1. The van der Waals surface area contributed by atoms with Crippen molar-refractivity contribution in [1.29, 1.82) is 0 Å². The largest absolute Gasteiger partial charge is 0.489 e. The Bertz CT molecular complexity index is 1220. The molecular weight excluding hydrogens is 431 g/mol. The molecule has 2 aromatic carbocycles. The van der Waals surface area contributed by atoms with Crippen LogP contribution in [-0.2, 0) is 6.18 Å². The van der Waals surface area contributed by atoms with Crippen LogP contribution < -0.4 is 14.8 Å². The summed E-state index contributed by atoms with van der Waals surface area (Å²) in [5, 5.41) is 4.05. The average Bonchev–Trinajstić information content (AvgIpc) is 2.91. The molecule has 1 aromatic heterocycles. The lowest BCUT2D eigenvalue weighted by Crippen LogP contribution is -2.39. The van der Waals surface area contributed by atoms with Gasteiger partial charge in [0.1, 0.15) is 11.6 Å². The smallest absolute Gasteiger partial charge is 0.416 e. The van der Waals surface area contributed by atoms with Crippen LogP contribution in [0.15, 0.2) is 30.3 Å². The highest BCUT2D eigenvalue weighted by molar-refractivity contribution is 5.92. The molecule has 1 saturated carbocycles. The van der Waals surface area contributed by atoms with Gasteiger partial charge in [0.2, 0.25) is 0 Å². The topological polar surface area (TPSA) is 56.3 Å². The second-order valence-electron chi connectivity index (χ2n) is 9.25. The summed E-state index contributed by atoms with van der Waals surface area (Å²) < 4.78 is 52.4. The molecule has 2 aliphatic rings. The Labute approximate surface area is 190 Å². The monoisotopic (exact) mass is 457 g/mol. The molecule has 5 rings (SSSR count). The number of aryl methyl sites for hydroxylation is 1. The third-order valence-electron chi connectivity index (χ3n) is 6.86. The van der Waals surface area contributed by atoms with E-state index in [0.29, 0.717) is 47.4 Å². The van der Waals surface area contributed by atoms with Gasteiger partial charge in [-0.05, 0) is 56.9 Å². The van der Waals surface area contributed by atoms with Gasteiger partial charge in [0.25, 0.3) is 0 Å². The number of rotatable bonds is 3. The summed E-state index contributed by atoms with van der Waals surface area (Å²) in [6.45, 7) is 6.36. The van der Waals surface area contributed by atoms with E-state index in [4.69, 9.17) is 9.47 Å². The van der Waals surface area contributed by atoms with E-state index in [1.165, 1.54) is 19.4 Å². The highest BCUT2D eigenvalue weighted by atomic mass is 19.4. The van der Waals surface area contributed by atoms with Gasteiger partial charge in [-0.2, -0.15) is 13.2 Å². The molecular formula is C25H26F3N3O2. The van der Waals surface area contributed by atoms with Crippen molar-refractivity contribution in [2.75, 3.05) is 18.5 Å². The van der Waals surface area contributed by atoms with Gasteiger partial charge in [-0.3, -0.25) is 0 Å². The van der Waals surface area contributed by atoms with Gasteiger partial charge in [0, 0.05) is 16.9 Å². The number of aromatic nitrogens is 2. The Morgan fingerprint density at radius 3 is 2.36 bits per heavy atom. The summed E-state index contributed by atoms with van der Waals surface area (Å²) in [6, 6.07) is 7.59. The second kappa shape index (κ2) is 7.78. The maximum atomic E-state index is 13.4. The van der Waals surface area contributed by atoms with E-state index in [1.807, 2.05) is 19.1 Å². The average molecular weight is 457 g/mol. The molecule has 0 radical (unpaired) electrons. The fourth-order valence-corrected chi connectivity index (χ4v) is 4.77. The quantitative estimate of drug-likeness (QED) is 0.495. The van der Waals surface area contributed by atoms with Crippen LogP contribution in [0.5, 0.6) is 11.5 Å². The maximum Gasteiger partial charge on any atom is 0.416 e. The number of fused-ring (bicyclic) bond motifs is 2. The van der Waals surface area contributed by atoms with Gasteiger partial charge in [0.05, 0.1) is 30.3 Å².